The van der Waals surface area contributed by atoms with E-state index in [1.165, 1.54) is 42.5 Å². The lowest BCUT2D eigenvalue weighted by atomic mass is 9.87. The van der Waals surface area contributed by atoms with E-state index in [9.17, 15) is 23.8 Å². The third-order valence-electron chi connectivity index (χ3n) is 4.41. The zero-order valence-electron chi connectivity index (χ0n) is 13.8. The number of benzene rings is 2. The number of hydrogen-bond acceptors (Lipinski definition) is 4. The van der Waals surface area contributed by atoms with Gasteiger partial charge in [-0.1, -0.05) is 6.07 Å². The normalized spacial score (nSPS) is 25.5. The highest BCUT2D eigenvalue weighted by molar-refractivity contribution is 5.94. The number of carbonyl (C=O) groups excluding carboxylic acids is 1. The maximum Gasteiger partial charge on any atom is 0.251 e. The Morgan fingerprint density at radius 2 is 1.73 bits per heavy atom. The van der Waals surface area contributed by atoms with Gasteiger partial charge in [-0.3, -0.25) is 4.79 Å². The molecule has 0 heterocycles. The fourth-order valence-corrected chi connectivity index (χ4v) is 3.00. The van der Waals surface area contributed by atoms with Crippen LogP contribution < -0.4 is 10.1 Å². The summed E-state index contributed by atoms with van der Waals surface area (Å²) >= 11 is 0. The topological polar surface area (TPSA) is 78.8 Å². The molecular weight excluding hydrogens is 344 g/mol. The second-order valence-electron chi connectivity index (χ2n) is 6.26. The molecule has 3 N–H and O–H groups in total. The third-order valence-corrected chi connectivity index (χ3v) is 4.41. The van der Waals surface area contributed by atoms with Crippen LogP contribution in [0.1, 0.15) is 23.2 Å². The van der Waals surface area contributed by atoms with Crippen molar-refractivity contribution in [2.24, 2.45) is 0 Å². The van der Waals surface area contributed by atoms with Crippen molar-refractivity contribution >= 4 is 5.91 Å². The number of rotatable bonds is 4. The molecule has 1 aliphatic carbocycles. The zero-order chi connectivity index (χ0) is 18.7. The standard InChI is InChI=1S/C19H19F2NO4/c20-12-6-4-11(5-7-12)19(25)22-15-8-9-16(18(24)17(15)23)26-14-3-1-2-13(21)10-14/h1-7,10,15-18,23-24H,8-9H2,(H,22,25)/t15-,16-,17+,18+/m1/s1. The molecule has 1 amide bonds. The minimum Gasteiger partial charge on any atom is -0.488 e. The van der Waals surface area contributed by atoms with Crippen LogP contribution in [0.4, 0.5) is 8.78 Å². The molecule has 1 aliphatic rings. The van der Waals surface area contributed by atoms with E-state index in [-0.39, 0.29) is 11.3 Å². The van der Waals surface area contributed by atoms with Gasteiger partial charge in [-0.2, -0.15) is 0 Å². The van der Waals surface area contributed by atoms with Crippen LogP contribution in [0.5, 0.6) is 5.75 Å². The summed E-state index contributed by atoms with van der Waals surface area (Å²) in [7, 11) is 0. The maximum absolute atomic E-state index is 13.2. The molecular formula is C19H19F2NO4. The van der Waals surface area contributed by atoms with Gasteiger partial charge in [0.2, 0.25) is 0 Å². The number of ether oxygens (including phenoxy) is 1. The molecule has 1 fully saturated rings. The molecule has 0 aromatic heterocycles. The largest absolute Gasteiger partial charge is 0.488 e. The first-order valence-corrected chi connectivity index (χ1v) is 8.29. The molecule has 0 saturated heterocycles. The summed E-state index contributed by atoms with van der Waals surface area (Å²) in [4.78, 5) is 12.2. The van der Waals surface area contributed by atoms with Gasteiger partial charge in [0.25, 0.3) is 5.91 Å². The van der Waals surface area contributed by atoms with E-state index >= 15 is 0 Å². The molecule has 2 aromatic carbocycles. The number of aliphatic hydroxyl groups excluding tert-OH is 2. The summed E-state index contributed by atoms with van der Waals surface area (Å²) < 4.78 is 31.7. The van der Waals surface area contributed by atoms with Crippen molar-refractivity contribution in [3.63, 3.8) is 0 Å². The molecule has 26 heavy (non-hydrogen) atoms. The van der Waals surface area contributed by atoms with E-state index in [0.29, 0.717) is 12.8 Å². The van der Waals surface area contributed by atoms with Crippen LogP contribution in [-0.2, 0) is 0 Å². The van der Waals surface area contributed by atoms with Crippen molar-refractivity contribution in [2.75, 3.05) is 0 Å². The average Bonchev–Trinajstić information content (AvgIpc) is 2.62. The first-order chi connectivity index (χ1) is 12.4. The number of halogens is 2. The third kappa shape index (κ3) is 4.17. The van der Waals surface area contributed by atoms with E-state index in [1.807, 2.05) is 0 Å². The Balaban J connectivity index is 1.61. The van der Waals surface area contributed by atoms with E-state index in [4.69, 9.17) is 4.74 Å². The molecule has 0 radical (unpaired) electrons. The van der Waals surface area contributed by atoms with Gasteiger partial charge < -0.3 is 20.3 Å². The first-order valence-electron chi connectivity index (χ1n) is 8.29. The van der Waals surface area contributed by atoms with Crippen LogP contribution in [0.3, 0.4) is 0 Å². The highest BCUT2D eigenvalue weighted by Crippen LogP contribution is 2.25. The number of amides is 1. The molecule has 2 aromatic rings. The Hall–Kier alpha value is -2.51. The molecule has 1 saturated carbocycles. The summed E-state index contributed by atoms with van der Waals surface area (Å²) in [6.07, 6.45) is -2.48. The Bertz CT molecular complexity index is 768. The van der Waals surface area contributed by atoms with Crippen molar-refractivity contribution in [1.29, 1.82) is 0 Å². The van der Waals surface area contributed by atoms with Crippen molar-refractivity contribution in [1.82, 2.24) is 5.32 Å². The van der Waals surface area contributed by atoms with Crippen molar-refractivity contribution in [3.05, 3.63) is 65.7 Å². The molecule has 7 heteroatoms. The average molecular weight is 363 g/mol. The lowest BCUT2D eigenvalue weighted by Crippen LogP contribution is -2.57. The van der Waals surface area contributed by atoms with Gasteiger partial charge >= 0.3 is 0 Å². The Morgan fingerprint density at radius 3 is 2.42 bits per heavy atom. The lowest BCUT2D eigenvalue weighted by molar-refractivity contribution is -0.0874. The van der Waals surface area contributed by atoms with Crippen molar-refractivity contribution in [2.45, 2.75) is 37.2 Å². The Labute approximate surface area is 149 Å². The van der Waals surface area contributed by atoms with Crippen LogP contribution in [0.15, 0.2) is 48.5 Å². The fourth-order valence-electron chi connectivity index (χ4n) is 3.00. The summed E-state index contributed by atoms with van der Waals surface area (Å²) in [5.74, 6) is -1.12. The second kappa shape index (κ2) is 7.80. The van der Waals surface area contributed by atoms with Crippen LogP contribution in [-0.4, -0.2) is 40.5 Å². The van der Waals surface area contributed by atoms with Gasteiger partial charge in [0.1, 0.15) is 35.7 Å². The molecule has 4 atom stereocenters. The van der Waals surface area contributed by atoms with Crippen molar-refractivity contribution < 1.29 is 28.5 Å². The quantitative estimate of drug-likeness (QED) is 0.777. The van der Waals surface area contributed by atoms with Gasteiger partial charge in [0.05, 0.1) is 6.04 Å². The van der Waals surface area contributed by atoms with Crippen LogP contribution >= 0.6 is 0 Å². The van der Waals surface area contributed by atoms with Gasteiger partial charge in [0.15, 0.2) is 0 Å². The van der Waals surface area contributed by atoms with Crippen LogP contribution in [0.2, 0.25) is 0 Å². The van der Waals surface area contributed by atoms with Gasteiger partial charge in [-0.15, -0.1) is 0 Å². The van der Waals surface area contributed by atoms with Crippen molar-refractivity contribution in [3.8, 4) is 5.75 Å². The summed E-state index contributed by atoms with van der Waals surface area (Å²) in [6.45, 7) is 0. The molecule has 0 spiro atoms. The lowest BCUT2D eigenvalue weighted by Gasteiger charge is -2.37. The van der Waals surface area contributed by atoms with E-state index < -0.39 is 41.9 Å². The second-order valence-corrected chi connectivity index (χ2v) is 6.26. The SMILES string of the molecule is O=C(N[C@@H]1CC[C@@H](Oc2cccc(F)c2)[C@H](O)[C@H]1O)c1ccc(F)cc1. The van der Waals surface area contributed by atoms with Gasteiger partial charge in [0, 0.05) is 11.6 Å². The minimum atomic E-state index is -1.24. The van der Waals surface area contributed by atoms with E-state index in [1.54, 1.807) is 6.07 Å². The molecule has 3 rings (SSSR count). The molecule has 0 unspecified atom stereocenters. The number of hydrogen-bond donors (Lipinski definition) is 3. The smallest absolute Gasteiger partial charge is 0.251 e. The monoisotopic (exact) mass is 363 g/mol. The zero-order valence-corrected chi connectivity index (χ0v) is 13.8. The summed E-state index contributed by atoms with van der Waals surface area (Å²) in [5, 5.41) is 23.2. The number of aliphatic hydroxyl groups is 2. The Morgan fingerprint density at radius 1 is 1.00 bits per heavy atom. The number of nitrogens with one attached hydrogen (secondary N) is 1. The minimum absolute atomic E-state index is 0.256. The summed E-state index contributed by atoms with van der Waals surface area (Å²) in [5.41, 5.74) is 0.256. The molecule has 0 bridgehead atoms. The number of carbonyl (C=O) groups is 1. The van der Waals surface area contributed by atoms with E-state index in [0.717, 1.165) is 0 Å². The highest BCUT2D eigenvalue weighted by Gasteiger charge is 2.39. The van der Waals surface area contributed by atoms with E-state index in [2.05, 4.69) is 5.32 Å². The fraction of sp³-hybridized carbons (Fsp3) is 0.316. The molecule has 5 nitrogen and oxygen atoms in total. The highest BCUT2D eigenvalue weighted by atomic mass is 19.1. The van der Waals surface area contributed by atoms with Crippen LogP contribution in [0, 0.1) is 11.6 Å². The summed E-state index contributed by atoms with van der Waals surface area (Å²) in [6, 6.07) is 9.87. The Kier molecular flexibility index (Phi) is 5.49. The first kappa shape index (κ1) is 18.3. The van der Waals surface area contributed by atoms with Crippen LogP contribution in [0.25, 0.3) is 0 Å². The maximum atomic E-state index is 13.2. The predicted octanol–water partition coefficient (Wildman–Crippen LogP) is 2.03. The predicted molar refractivity (Wildman–Crippen MR) is 89.7 cm³/mol. The molecule has 0 aliphatic heterocycles. The van der Waals surface area contributed by atoms with Gasteiger partial charge in [-0.05, 0) is 49.2 Å². The molecule has 138 valence electrons. The van der Waals surface area contributed by atoms with Gasteiger partial charge in [-0.25, -0.2) is 8.78 Å².